The molecule has 0 rings (SSSR count). The molecule has 0 heterocycles. The van der Waals surface area contributed by atoms with Crippen LogP contribution in [0.1, 0.15) is 41.5 Å². The van der Waals surface area contributed by atoms with E-state index < -0.39 is 0 Å². The zero-order valence-electron chi connectivity index (χ0n) is 13.2. The predicted octanol–water partition coefficient (Wildman–Crippen LogP) is 3.73. The van der Waals surface area contributed by atoms with Gasteiger partial charge in [-0.25, -0.2) is 0 Å². The molecule has 0 aliphatic heterocycles. The fourth-order valence-electron chi connectivity index (χ4n) is 0.577. The van der Waals surface area contributed by atoms with Crippen molar-refractivity contribution < 1.29 is 31.0 Å². The monoisotopic (exact) mass is 464 g/mol. The Bertz CT molecular complexity index is 264. The van der Waals surface area contributed by atoms with Crippen LogP contribution in [0, 0.1) is 0 Å². The molecular weight excluding hydrogens is 443 g/mol. The molecular formula is C12H21CoO3S6. The van der Waals surface area contributed by atoms with Gasteiger partial charge in [0.2, 0.25) is 0 Å². The van der Waals surface area contributed by atoms with Gasteiger partial charge in [-0.2, -0.15) is 0 Å². The van der Waals surface area contributed by atoms with Gasteiger partial charge in [0.25, 0.3) is 0 Å². The van der Waals surface area contributed by atoms with Crippen LogP contribution in [-0.2, 0) is 68.9 Å². The summed E-state index contributed by atoms with van der Waals surface area (Å²) in [5, 5.41) is 0. The zero-order valence-corrected chi connectivity index (χ0v) is 19.2. The second-order valence-electron chi connectivity index (χ2n) is 4.25. The maximum absolute atomic E-state index is 4.80. The van der Waals surface area contributed by atoms with Crippen molar-refractivity contribution in [2.24, 2.45) is 0 Å². The fourth-order valence-corrected chi connectivity index (χ4v) is 1.73. The summed E-state index contributed by atoms with van der Waals surface area (Å²) in [6, 6.07) is 0. The van der Waals surface area contributed by atoms with Crippen LogP contribution in [0.5, 0.6) is 0 Å². The van der Waals surface area contributed by atoms with Crippen molar-refractivity contribution in [3.05, 3.63) is 0 Å². The Hall–Kier alpha value is 0.836. The molecule has 0 aromatic rings. The Morgan fingerprint density at radius 3 is 0.727 bits per heavy atom. The molecule has 0 aliphatic rings. The van der Waals surface area contributed by atoms with Gasteiger partial charge in [-0.15, -0.1) is 0 Å². The third-order valence-electron chi connectivity index (χ3n) is 0.996. The molecule has 0 spiro atoms. The van der Waals surface area contributed by atoms with Gasteiger partial charge in [-0.3, -0.25) is 0 Å². The minimum atomic E-state index is 0. The standard InChI is InChI=1S/3C4H8OS2.Co/c3*1-3(2)5-4(6)7;/h3*3H,1-2H3,(H,6,7);/q;;;+3/p-3. The molecule has 0 saturated carbocycles. The van der Waals surface area contributed by atoms with E-state index >= 15 is 0 Å². The molecule has 0 aromatic carbocycles. The van der Waals surface area contributed by atoms with Gasteiger partial charge in [0.15, 0.2) is 0 Å². The first-order valence-corrected chi connectivity index (χ1v) is 8.46. The van der Waals surface area contributed by atoms with Crippen molar-refractivity contribution >= 4 is 87.7 Å². The second-order valence-corrected chi connectivity index (χ2v) is 7.25. The van der Waals surface area contributed by atoms with Crippen molar-refractivity contribution in [1.29, 1.82) is 0 Å². The second kappa shape index (κ2) is 19.9. The van der Waals surface area contributed by atoms with E-state index in [1.54, 1.807) is 0 Å². The topological polar surface area (TPSA) is 27.7 Å². The molecule has 0 bridgehead atoms. The normalized spacial score (nSPS) is 8.59. The molecule has 0 unspecified atom stereocenters. The quantitative estimate of drug-likeness (QED) is 0.458. The number of ether oxygens (including phenoxy) is 3. The van der Waals surface area contributed by atoms with Crippen LogP contribution < -0.4 is 0 Å². The third kappa shape index (κ3) is 49.8. The van der Waals surface area contributed by atoms with Gasteiger partial charge in [0.1, 0.15) is 0 Å². The van der Waals surface area contributed by atoms with Gasteiger partial charge in [-0.05, 0) is 41.5 Å². The molecule has 132 valence electrons. The first-order valence-electron chi connectivity index (χ1n) is 6.01. The SMILES string of the molecule is CC(C)OC(=S)[S-].CC(C)OC(=S)[S-].CC(C)OC(=S)[S-].[Co+3]. The molecule has 0 radical (unpaired) electrons. The van der Waals surface area contributed by atoms with Crippen molar-refractivity contribution in [1.82, 2.24) is 0 Å². The van der Waals surface area contributed by atoms with Gasteiger partial charge in [-0.1, -0.05) is 0 Å². The molecule has 3 nitrogen and oxygen atoms in total. The van der Waals surface area contributed by atoms with E-state index in [4.69, 9.17) is 14.2 Å². The average Bonchev–Trinajstić information content (AvgIpc) is 2.10. The summed E-state index contributed by atoms with van der Waals surface area (Å²) in [6.45, 7) is 11.3. The Morgan fingerprint density at radius 2 is 0.727 bits per heavy atom. The van der Waals surface area contributed by atoms with E-state index in [2.05, 4.69) is 74.5 Å². The van der Waals surface area contributed by atoms with E-state index in [1.807, 2.05) is 41.5 Å². The summed E-state index contributed by atoms with van der Waals surface area (Å²) in [5.74, 6) is 0. The maximum Gasteiger partial charge on any atom is 3.00 e. The third-order valence-corrected chi connectivity index (χ3v) is 1.57. The molecule has 0 fully saturated rings. The summed E-state index contributed by atoms with van der Waals surface area (Å²) >= 11 is 26.8. The van der Waals surface area contributed by atoms with Crippen LogP contribution >= 0.6 is 36.7 Å². The Balaban J connectivity index is -0.000000108. The smallest absolute Gasteiger partial charge is 0.511 e. The maximum atomic E-state index is 4.80. The molecule has 22 heavy (non-hydrogen) atoms. The van der Waals surface area contributed by atoms with Gasteiger partial charge >= 0.3 is 16.8 Å². The van der Waals surface area contributed by atoms with E-state index in [-0.39, 0.29) is 48.2 Å². The molecule has 10 heteroatoms. The van der Waals surface area contributed by atoms with Crippen LogP contribution in [0.4, 0.5) is 0 Å². The summed E-state index contributed by atoms with van der Waals surface area (Å²) in [6.07, 6.45) is 0.389. The molecule has 0 amide bonds. The van der Waals surface area contributed by atoms with Crippen molar-refractivity contribution in [3.8, 4) is 0 Å². The van der Waals surface area contributed by atoms with Crippen molar-refractivity contribution in [2.75, 3.05) is 0 Å². The molecule has 0 N–H and O–H groups in total. The van der Waals surface area contributed by atoms with Crippen molar-refractivity contribution in [3.63, 3.8) is 0 Å². The summed E-state index contributed by atoms with van der Waals surface area (Å²) in [4.78, 5) is 0. The van der Waals surface area contributed by atoms with Gasteiger partial charge in [0, 0.05) is 13.1 Å². The minimum Gasteiger partial charge on any atom is -0.511 e. The van der Waals surface area contributed by atoms with Crippen LogP contribution in [0.25, 0.3) is 0 Å². The molecule has 0 aliphatic carbocycles. The number of hydrogen-bond donors (Lipinski definition) is 0. The summed E-state index contributed by atoms with van der Waals surface area (Å²) in [7, 11) is 0. The summed E-state index contributed by atoms with van der Waals surface area (Å²) in [5.41, 5.74) is 0. The molecule has 0 saturated heterocycles. The van der Waals surface area contributed by atoms with E-state index in [1.165, 1.54) is 0 Å². The van der Waals surface area contributed by atoms with Crippen LogP contribution in [0.2, 0.25) is 0 Å². The Labute approximate surface area is 177 Å². The van der Waals surface area contributed by atoms with E-state index in [0.717, 1.165) is 0 Å². The van der Waals surface area contributed by atoms with Crippen molar-refractivity contribution in [2.45, 2.75) is 59.9 Å². The van der Waals surface area contributed by atoms with Crippen LogP contribution in [-0.4, -0.2) is 31.5 Å². The van der Waals surface area contributed by atoms with Crippen LogP contribution in [0.15, 0.2) is 0 Å². The van der Waals surface area contributed by atoms with E-state index in [9.17, 15) is 0 Å². The minimum absolute atomic E-state index is 0. The predicted molar refractivity (Wildman–Crippen MR) is 109 cm³/mol. The zero-order chi connectivity index (χ0) is 17.6. The fraction of sp³-hybridized carbons (Fsp3) is 0.750. The number of rotatable bonds is 3. The first-order chi connectivity index (χ1) is 9.38. The van der Waals surface area contributed by atoms with Gasteiger partial charge in [0.05, 0.1) is 18.3 Å². The van der Waals surface area contributed by atoms with E-state index in [0.29, 0.717) is 0 Å². The number of hydrogen-bond acceptors (Lipinski definition) is 9. The summed E-state index contributed by atoms with van der Waals surface area (Å²) < 4.78 is 15.0. The van der Waals surface area contributed by atoms with Gasteiger partial charge < -0.3 is 88.8 Å². The first kappa shape index (κ1) is 30.7. The number of thiocarbonyl (C=S) groups is 3. The molecule has 0 aromatic heterocycles. The largest absolute Gasteiger partial charge is 3.00 e. The Kier molecular flexibility index (Phi) is 27.7. The molecule has 0 atom stereocenters. The average molecular weight is 465 g/mol. The Morgan fingerprint density at radius 1 is 0.591 bits per heavy atom. The van der Waals surface area contributed by atoms with Crippen LogP contribution in [0.3, 0.4) is 0 Å².